The van der Waals surface area contributed by atoms with Crippen LogP contribution in [0.4, 0.5) is 4.79 Å². The van der Waals surface area contributed by atoms with Crippen LogP contribution in [-0.4, -0.2) is 13.1 Å². The molecule has 1 unspecified atom stereocenters. The van der Waals surface area contributed by atoms with E-state index in [0.29, 0.717) is 6.54 Å². The number of carbonyl (C=O) groups is 1. The summed E-state index contributed by atoms with van der Waals surface area (Å²) in [5.41, 5.74) is 5.13. The summed E-state index contributed by atoms with van der Waals surface area (Å²) < 4.78 is 5.22. The van der Waals surface area contributed by atoms with E-state index < -0.39 is 0 Å². The number of methoxy groups -OCH3 is 1. The highest BCUT2D eigenvalue weighted by Crippen LogP contribution is 2.26. The molecule has 2 aromatic rings. The van der Waals surface area contributed by atoms with Gasteiger partial charge in [0.2, 0.25) is 0 Å². The van der Waals surface area contributed by atoms with Gasteiger partial charge in [-0.25, -0.2) is 4.79 Å². The number of hydrogen-bond acceptors (Lipinski definition) is 2. The molecule has 2 aromatic carbocycles. The van der Waals surface area contributed by atoms with Crippen LogP contribution in [0.3, 0.4) is 0 Å². The minimum Gasteiger partial charge on any atom is -0.497 e. The van der Waals surface area contributed by atoms with Gasteiger partial charge in [-0.2, -0.15) is 0 Å². The maximum Gasteiger partial charge on any atom is 0.315 e. The van der Waals surface area contributed by atoms with Crippen molar-refractivity contribution in [2.45, 2.75) is 51.6 Å². The highest BCUT2D eigenvalue weighted by atomic mass is 16.5. The first-order valence-corrected chi connectivity index (χ1v) is 9.48. The van der Waals surface area contributed by atoms with Crippen LogP contribution in [0.25, 0.3) is 0 Å². The number of urea groups is 1. The molecule has 1 aliphatic rings. The largest absolute Gasteiger partial charge is 0.497 e. The maximum atomic E-state index is 12.3. The fraction of sp³-hybridized carbons (Fsp3) is 0.409. The monoisotopic (exact) mass is 352 g/mol. The molecular weight excluding hydrogens is 324 g/mol. The second-order valence-corrected chi connectivity index (χ2v) is 6.87. The first-order valence-electron chi connectivity index (χ1n) is 9.48. The van der Waals surface area contributed by atoms with Gasteiger partial charge in [0.05, 0.1) is 13.2 Å². The molecule has 1 aliphatic carbocycles. The van der Waals surface area contributed by atoms with Gasteiger partial charge in [0.25, 0.3) is 0 Å². The van der Waals surface area contributed by atoms with E-state index in [0.717, 1.165) is 24.2 Å². The molecular formula is C22H28N2O2. The van der Waals surface area contributed by atoms with Crippen LogP contribution >= 0.6 is 0 Å². The minimum absolute atomic E-state index is 0.0348. The summed E-state index contributed by atoms with van der Waals surface area (Å²) in [6.07, 6.45) is 5.75. The van der Waals surface area contributed by atoms with E-state index in [1.165, 1.54) is 36.0 Å². The number of rotatable bonds is 6. The fourth-order valence-electron chi connectivity index (χ4n) is 3.57. The van der Waals surface area contributed by atoms with Gasteiger partial charge in [0, 0.05) is 6.54 Å². The van der Waals surface area contributed by atoms with E-state index in [-0.39, 0.29) is 12.1 Å². The number of amides is 2. The topological polar surface area (TPSA) is 50.4 Å². The number of nitrogens with one attached hydrogen (secondary N) is 2. The molecule has 138 valence electrons. The van der Waals surface area contributed by atoms with Crippen molar-refractivity contribution in [2.24, 2.45) is 0 Å². The third-order valence-corrected chi connectivity index (χ3v) is 5.08. The molecule has 0 heterocycles. The molecule has 0 aliphatic heterocycles. The lowest BCUT2D eigenvalue weighted by Gasteiger charge is -2.22. The fourth-order valence-corrected chi connectivity index (χ4v) is 3.57. The second-order valence-electron chi connectivity index (χ2n) is 6.87. The number of ether oxygens (including phenoxy) is 1. The van der Waals surface area contributed by atoms with E-state index in [4.69, 9.17) is 4.74 Å². The molecule has 2 amide bonds. The third-order valence-electron chi connectivity index (χ3n) is 5.08. The van der Waals surface area contributed by atoms with Crippen LogP contribution in [0.1, 0.15) is 54.5 Å². The second kappa shape index (κ2) is 8.75. The van der Waals surface area contributed by atoms with Gasteiger partial charge in [-0.3, -0.25) is 0 Å². The highest BCUT2D eigenvalue weighted by molar-refractivity contribution is 5.74. The number of aryl methyl sites for hydroxylation is 2. The predicted molar refractivity (Wildman–Crippen MR) is 104 cm³/mol. The van der Waals surface area contributed by atoms with Crippen molar-refractivity contribution in [2.75, 3.05) is 7.11 Å². The van der Waals surface area contributed by atoms with Crippen molar-refractivity contribution < 1.29 is 9.53 Å². The minimum atomic E-state index is -0.141. The van der Waals surface area contributed by atoms with E-state index in [9.17, 15) is 4.79 Å². The van der Waals surface area contributed by atoms with Gasteiger partial charge in [0.1, 0.15) is 5.75 Å². The van der Waals surface area contributed by atoms with Crippen LogP contribution in [0, 0.1) is 0 Å². The predicted octanol–water partition coefficient (Wildman–Crippen LogP) is 4.52. The average molecular weight is 352 g/mol. The lowest BCUT2D eigenvalue weighted by Crippen LogP contribution is -2.37. The van der Waals surface area contributed by atoms with Crippen molar-refractivity contribution >= 4 is 6.03 Å². The standard InChI is InChI=1S/C22H28N2O2/c1-3-21(19-12-11-17-8-4-5-9-18(17)14-19)24-22(25)23-15-16-7-6-10-20(13-16)26-2/h6-7,10-14,21H,3-5,8-9,15H2,1-2H3,(H2,23,24,25). The Bertz CT molecular complexity index is 758. The van der Waals surface area contributed by atoms with E-state index in [1.807, 2.05) is 24.3 Å². The van der Waals surface area contributed by atoms with Gasteiger partial charge in [-0.05, 0) is 66.5 Å². The van der Waals surface area contributed by atoms with Crippen molar-refractivity contribution in [1.29, 1.82) is 0 Å². The Morgan fingerprint density at radius 2 is 1.92 bits per heavy atom. The van der Waals surface area contributed by atoms with Crippen molar-refractivity contribution in [1.82, 2.24) is 10.6 Å². The summed E-state index contributed by atoms with van der Waals surface area (Å²) >= 11 is 0. The van der Waals surface area contributed by atoms with Gasteiger partial charge in [-0.1, -0.05) is 37.3 Å². The number of hydrogen-bond donors (Lipinski definition) is 2. The van der Waals surface area contributed by atoms with Gasteiger partial charge in [0.15, 0.2) is 0 Å². The zero-order valence-corrected chi connectivity index (χ0v) is 15.7. The summed E-state index contributed by atoms with van der Waals surface area (Å²) in [6.45, 7) is 2.58. The molecule has 0 fully saturated rings. The lowest BCUT2D eigenvalue weighted by atomic mass is 9.89. The third kappa shape index (κ3) is 4.57. The summed E-state index contributed by atoms with van der Waals surface area (Å²) in [5.74, 6) is 0.796. The molecule has 3 rings (SSSR count). The normalized spacial score (nSPS) is 14.2. The summed E-state index contributed by atoms with van der Waals surface area (Å²) in [7, 11) is 1.64. The Kier molecular flexibility index (Phi) is 6.16. The van der Waals surface area contributed by atoms with Gasteiger partial charge >= 0.3 is 6.03 Å². The lowest BCUT2D eigenvalue weighted by molar-refractivity contribution is 0.236. The summed E-state index contributed by atoms with van der Waals surface area (Å²) in [4.78, 5) is 12.3. The van der Waals surface area contributed by atoms with E-state index in [2.05, 4.69) is 35.8 Å². The Morgan fingerprint density at radius 1 is 1.12 bits per heavy atom. The Morgan fingerprint density at radius 3 is 2.69 bits per heavy atom. The number of benzene rings is 2. The summed E-state index contributed by atoms with van der Waals surface area (Å²) in [6, 6.07) is 14.3. The quantitative estimate of drug-likeness (QED) is 0.803. The number of fused-ring (bicyclic) bond motifs is 1. The SMILES string of the molecule is CCC(NC(=O)NCc1cccc(OC)c1)c1ccc2c(c1)CCCC2. The maximum absolute atomic E-state index is 12.3. The molecule has 26 heavy (non-hydrogen) atoms. The van der Waals surface area contributed by atoms with Crippen LogP contribution in [0.5, 0.6) is 5.75 Å². The highest BCUT2D eigenvalue weighted by Gasteiger charge is 2.16. The first kappa shape index (κ1) is 18.3. The summed E-state index contributed by atoms with van der Waals surface area (Å²) in [5, 5.41) is 6.05. The molecule has 0 saturated heterocycles. The zero-order chi connectivity index (χ0) is 18.4. The smallest absolute Gasteiger partial charge is 0.315 e. The van der Waals surface area contributed by atoms with Gasteiger partial charge in [-0.15, -0.1) is 0 Å². The molecule has 2 N–H and O–H groups in total. The van der Waals surface area contributed by atoms with Crippen LogP contribution in [0.15, 0.2) is 42.5 Å². The van der Waals surface area contributed by atoms with Gasteiger partial charge < -0.3 is 15.4 Å². The zero-order valence-electron chi connectivity index (χ0n) is 15.7. The molecule has 0 spiro atoms. The Labute approximate surface area is 156 Å². The average Bonchev–Trinajstić information content (AvgIpc) is 2.70. The van der Waals surface area contributed by atoms with Crippen LogP contribution in [0.2, 0.25) is 0 Å². The molecule has 4 nitrogen and oxygen atoms in total. The molecule has 4 heteroatoms. The van der Waals surface area contributed by atoms with Crippen LogP contribution < -0.4 is 15.4 Å². The van der Waals surface area contributed by atoms with E-state index >= 15 is 0 Å². The first-order chi connectivity index (χ1) is 12.7. The Balaban J connectivity index is 1.59. The molecule has 0 aromatic heterocycles. The van der Waals surface area contributed by atoms with Crippen molar-refractivity contribution in [3.8, 4) is 5.75 Å². The van der Waals surface area contributed by atoms with Crippen molar-refractivity contribution in [3.63, 3.8) is 0 Å². The molecule has 0 radical (unpaired) electrons. The van der Waals surface area contributed by atoms with Crippen molar-refractivity contribution in [3.05, 3.63) is 64.7 Å². The molecule has 0 bridgehead atoms. The molecule has 0 saturated carbocycles. The van der Waals surface area contributed by atoms with Crippen LogP contribution in [-0.2, 0) is 19.4 Å². The van der Waals surface area contributed by atoms with E-state index in [1.54, 1.807) is 7.11 Å². The Hall–Kier alpha value is -2.49. The molecule has 1 atom stereocenters. The number of carbonyl (C=O) groups excluding carboxylic acids is 1.